The first-order valence-corrected chi connectivity index (χ1v) is 11.3. The molecule has 1 saturated heterocycles. The summed E-state index contributed by atoms with van der Waals surface area (Å²) in [5.74, 6) is -0.169. The van der Waals surface area contributed by atoms with Gasteiger partial charge in [-0.25, -0.2) is 13.1 Å². The normalized spacial score (nSPS) is 23.4. The van der Waals surface area contributed by atoms with Gasteiger partial charge in [-0.1, -0.05) is 29.4 Å². The molecule has 29 heavy (non-hydrogen) atoms. The second-order valence-electron chi connectivity index (χ2n) is 6.97. The highest BCUT2D eigenvalue weighted by Crippen LogP contribution is 2.50. The molecule has 0 radical (unpaired) electrons. The quantitative estimate of drug-likeness (QED) is 0.737. The Balaban J connectivity index is 1.68. The van der Waals surface area contributed by atoms with Crippen LogP contribution in [0.15, 0.2) is 40.0 Å². The molecule has 1 aromatic heterocycles. The number of aryl methyl sites for hydroxylation is 2. The Kier molecular flexibility index (Phi) is 4.96. The monoisotopic (exact) mass is 436 g/mol. The molecule has 0 spiro atoms. The number of ether oxygens (including phenoxy) is 2. The Hall–Kier alpha value is -2.30. The third-order valence-corrected chi connectivity index (χ3v) is 8.36. The first-order valence-electron chi connectivity index (χ1n) is 8.91. The number of thioether (sulfide) groups is 1. The van der Waals surface area contributed by atoms with Crippen LogP contribution in [0, 0.1) is 20.8 Å². The minimum Gasteiger partial charge on any atom is -0.467 e. The lowest BCUT2D eigenvalue weighted by molar-refractivity contribution is -0.120. The molecule has 1 N–H and O–H groups in total. The van der Waals surface area contributed by atoms with Crippen molar-refractivity contribution in [3.8, 4) is 0 Å². The van der Waals surface area contributed by atoms with Crippen LogP contribution in [0.1, 0.15) is 22.4 Å². The van der Waals surface area contributed by atoms with Gasteiger partial charge in [-0.2, -0.15) is 0 Å². The lowest BCUT2D eigenvalue weighted by Gasteiger charge is -2.28. The number of carbonyl (C=O) groups is 1. The molecule has 2 aromatic rings. The molecule has 4 rings (SSSR count). The van der Waals surface area contributed by atoms with E-state index in [9.17, 15) is 13.2 Å². The van der Waals surface area contributed by atoms with E-state index in [1.165, 1.54) is 5.41 Å². The molecular formula is C19H20N2O6S2. The van der Waals surface area contributed by atoms with Gasteiger partial charge in [0, 0.05) is 17.4 Å². The zero-order chi connectivity index (χ0) is 20.8. The van der Waals surface area contributed by atoms with E-state index in [1.807, 2.05) is 31.2 Å². The average molecular weight is 437 g/mol. The van der Waals surface area contributed by atoms with Crippen molar-refractivity contribution in [3.05, 3.63) is 57.8 Å². The molecule has 3 heterocycles. The molecule has 10 heteroatoms. The number of ketones is 1. The van der Waals surface area contributed by atoms with Crippen molar-refractivity contribution in [2.24, 2.45) is 0 Å². The van der Waals surface area contributed by atoms with Crippen LogP contribution in [0.5, 0.6) is 0 Å². The van der Waals surface area contributed by atoms with E-state index in [4.69, 9.17) is 14.0 Å². The minimum absolute atomic E-state index is 0.00581. The fourth-order valence-corrected chi connectivity index (χ4v) is 6.64. The van der Waals surface area contributed by atoms with Gasteiger partial charge in [0.25, 0.3) is 15.0 Å². The number of hydrogen-bond donors (Lipinski definition) is 1. The maximum Gasteiger partial charge on any atom is 0.274 e. The summed E-state index contributed by atoms with van der Waals surface area (Å²) >= 11 is 1.09. The Bertz CT molecular complexity index is 1110. The van der Waals surface area contributed by atoms with Crippen LogP contribution in [0.2, 0.25) is 0 Å². The molecule has 1 aromatic carbocycles. The van der Waals surface area contributed by atoms with E-state index in [0.717, 1.165) is 22.9 Å². The summed E-state index contributed by atoms with van der Waals surface area (Å²) in [6.07, 6.45) is 0.0898. The van der Waals surface area contributed by atoms with Gasteiger partial charge in [-0.15, -0.1) is 11.8 Å². The van der Waals surface area contributed by atoms with E-state index in [2.05, 4.69) is 9.88 Å². The van der Waals surface area contributed by atoms with Gasteiger partial charge in [-0.3, -0.25) is 4.79 Å². The molecule has 2 aliphatic rings. The number of hydrogen-bond acceptors (Lipinski definition) is 8. The summed E-state index contributed by atoms with van der Waals surface area (Å²) in [5, 5.41) is 4.29. The van der Waals surface area contributed by atoms with Crippen LogP contribution >= 0.6 is 11.8 Å². The lowest BCUT2D eigenvalue weighted by atomic mass is 10.00. The Morgan fingerprint density at radius 1 is 1.31 bits per heavy atom. The molecule has 2 aliphatic heterocycles. The first-order chi connectivity index (χ1) is 13.8. The number of rotatable bonds is 6. The van der Waals surface area contributed by atoms with Crippen molar-refractivity contribution in [3.63, 3.8) is 0 Å². The molecule has 1 fully saturated rings. The summed E-state index contributed by atoms with van der Waals surface area (Å²) < 4.78 is 45.3. The summed E-state index contributed by atoms with van der Waals surface area (Å²) in [7, 11) is -4.26. The molecule has 0 bridgehead atoms. The highest BCUT2D eigenvalue weighted by atomic mass is 32.2. The van der Waals surface area contributed by atoms with E-state index in [-0.39, 0.29) is 30.6 Å². The fraction of sp³-hybridized carbons (Fsp3) is 0.368. The largest absolute Gasteiger partial charge is 0.467 e. The molecule has 0 aliphatic carbocycles. The number of anilines is 1. The van der Waals surface area contributed by atoms with Crippen LogP contribution in [0.3, 0.4) is 0 Å². The number of aromatic nitrogens is 1. The Morgan fingerprint density at radius 2 is 2.07 bits per heavy atom. The molecule has 2 unspecified atom stereocenters. The van der Waals surface area contributed by atoms with E-state index in [1.54, 1.807) is 13.8 Å². The molecule has 154 valence electrons. The van der Waals surface area contributed by atoms with Crippen LogP contribution in [0.4, 0.5) is 5.88 Å². The maximum absolute atomic E-state index is 13.4. The van der Waals surface area contributed by atoms with Crippen LogP contribution in [-0.4, -0.2) is 36.3 Å². The predicted molar refractivity (Wildman–Crippen MR) is 108 cm³/mol. The van der Waals surface area contributed by atoms with Crippen LogP contribution < -0.4 is 4.72 Å². The molecule has 0 amide bonds. The average Bonchev–Trinajstić information content (AvgIpc) is 3.34. The number of Topliss-reactive ketones (excluding diaryl/α,β-unsaturated/α-hetero) is 1. The van der Waals surface area contributed by atoms with Crippen molar-refractivity contribution in [1.29, 1.82) is 0 Å². The summed E-state index contributed by atoms with van der Waals surface area (Å²) in [6, 6.07) is 7.50. The van der Waals surface area contributed by atoms with Crippen molar-refractivity contribution in [1.82, 2.24) is 5.16 Å². The maximum atomic E-state index is 13.4. The standard InChI is InChI=1S/C19H20N2O6S2/c1-11-6-4-5-7-14(11)8-15(22)17-19(16(9-28-17)25-10-26-19)29(23,24)21-18-12(2)13(3)20-27-18/h4-7,9,17,21H,8,10H2,1-3H3. The minimum atomic E-state index is -4.26. The topological polar surface area (TPSA) is 108 Å². The van der Waals surface area contributed by atoms with Gasteiger partial charge in [-0.05, 0) is 31.9 Å². The number of nitrogens with one attached hydrogen (secondary N) is 1. The Morgan fingerprint density at radius 3 is 2.76 bits per heavy atom. The molecule has 8 nitrogen and oxygen atoms in total. The second-order valence-corrected chi connectivity index (χ2v) is 9.77. The van der Waals surface area contributed by atoms with Gasteiger partial charge in [0.1, 0.15) is 5.25 Å². The number of benzene rings is 1. The third-order valence-electron chi connectivity index (χ3n) is 5.19. The Labute approximate surface area is 172 Å². The molecule has 2 atom stereocenters. The smallest absolute Gasteiger partial charge is 0.274 e. The number of fused-ring (bicyclic) bond motifs is 1. The SMILES string of the molecule is Cc1ccccc1CC(=O)C1SC=C2OCOC21S(=O)(=O)Nc1onc(C)c1C. The van der Waals surface area contributed by atoms with Gasteiger partial charge < -0.3 is 14.0 Å². The highest BCUT2D eigenvalue weighted by Gasteiger charge is 2.65. The van der Waals surface area contributed by atoms with Gasteiger partial charge in [0.2, 0.25) is 5.88 Å². The van der Waals surface area contributed by atoms with Gasteiger partial charge in [0.05, 0.1) is 5.69 Å². The second kappa shape index (κ2) is 7.19. The van der Waals surface area contributed by atoms with E-state index >= 15 is 0 Å². The fourth-order valence-electron chi connectivity index (χ4n) is 3.33. The number of carbonyl (C=O) groups excluding carboxylic acids is 1. The van der Waals surface area contributed by atoms with Crippen molar-refractivity contribution in [2.45, 2.75) is 37.4 Å². The van der Waals surface area contributed by atoms with Crippen molar-refractivity contribution in [2.75, 3.05) is 11.5 Å². The van der Waals surface area contributed by atoms with E-state index in [0.29, 0.717) is 11.3 Å². The summed E-state index contributed by atoms with van der Waals surface area (Å²) in [4.78, 5) is 11.2. The van der Waals surface area contributed by atoms with Crippen LogP contribution in [0.25, 0.3) is 0 Å². The van der Waals surface area contributed by atoms with Crippen molar-refractivity contribution >= 4 is 33.5 Å². The summed E-state index contributed by atoms with van der Waals surface area (Å²) in [5.41, 5.74) is 2.92. The molecule has 0 saturated carbocycles. The third kappa shape index (κ3) is 3.15. The van der Waals surface area contributed by atoms with Crippen molar-refractivity contribution < 1.29 is 27.2 Å². The van der Waals surface area contributed by atoms with E-state index < -0.39 is 20.2 Å². The molecular weight excluding hydrogens is 416 g/mol. The van der Waals surface area contributed by atoms with Gasteiger partial charge in [0.15, 0.2) is 18.3 Å². The lowest BCUT2D eigenvalue weighted by Crippen LogP contribution is -2.52. The number of nitrogens with zero attached hydrogens (tertiary/aromatic N) is 1. The van der Waals surface area contributed by atoms with Crippen LogP contribution in [-0.2, 0) is 30.7 Å². The highest BCUT2D eigenvalue weighted by molar-refractivity contribution is 8.05. The first kappa shape index (κ1) is 20.0. The summed E-state index contributed by atoms with van der Waals surface area (Å²) in [6.45, 7) is 5.05. The van der Waals surface area contributed by atoms with Gasteiger partial charge >= 0.3 is 0 Å². The number of sulfonamides is 1. The predicted octanol–water partition coefficient (Wildman–Crippen LogP) is 2.81. The zero-order valence-corrected chi connectivity index (χ0v) is 17.7. The zero-order valence-electron chi connectivity index (χ0n) is 16.1.